The van der Waals surface area contributed by atoms with Crippen molar-refractivity contribution in [2.45, 2.75) is 25.7 Å². The monoisotopic (exact) mass is 395 g/mol. The van der Waals surface area contributed by atoms with Crippen LogP contribution < -0.4 is 10.0 Å². The third kappa shape index (κ3) is 4.55. The number of hydrogen-bond donors (Lipinski definition) is 2. The van der Waals surface area contributed by atoms with E-state index >= 15 is 0 Å². The molecule has 28 heavy (non-hydrogen) atoms. The molecule has 2 aromatic carbocycles. The summed E-state index contributed by atoms with van der Waals surface area (Å²) in [6.07, 6.45) is 1.45. The lowest BCUT2D eigenvalue weighted by Gasteiger charge is -2.11. The van der Waals surface area contributed by atoms with Crippen molar-refractivity contribution in [2.24, 2.45) is 0 Å². The Morgan fingerprint density at radius 3 is 2.18 bits per heavy atom. The van der Waals surface area contributed by atoms with Gasteiger partial charge in [0.15, 0.2) is 5.78 Å². The average Bonchev–Trinajstić information content (AvgIpc) is 2.63. The lowest BCUT2D eigenvalue weighted by atomic mass is 10.1. The number of aromatic nitrogens is 1. The molecule has 0 aliphatic rings. The van der Waals surface area contributed by atoms with Gasteiger partial charge in [0.1, 0.15) is 5.82 Å². The van der Waals surface area contributed by atoms with Crippen LogP contribution in [-0.2, 0) is 10.0 Å². The summed E-state index contributed by atoms with van der Waals surface area (Å²) in [6, 6.07) is 15.6. The number of hydrogen-bond acceptors (Lipinski definition) is 5. The fourth-order valence-corrected chi connectivity index (χ4v) is 4.05. The van der Waals surface area contributed by atoms with Gasteiger partial charge < -0.3 is 5.32 Å². The van der Waals surface area contributed by atoms with Crippen LogP contribution in [0.3, 0.4) is 0 Å². The highest BCUT2D eigenvalue weighted by molar-refractivity contribution is 7.92. The number of pyridine rings is 1. The molecule has 0 atom stereocenters. The van der Waals surface area contributed by atoms with E-state index in [1.165, 1.54) is 13.1 Å². The van der Waals surface area contributed by atoms with E-state index in [1.54, 1.807) is 55.5 Å². The Morgan fingerprint density at radius 1 is 0.929 bits per heavy atom. The summed E-state index contributed by atoms with van der Waals surface area (Å²) < 4.78 is 27.8. The summed E-state index contributed by atoms with van der Waals surface area (Å²) >= 11 is 0. The van der Waals surface area contributed by atoms with Gasteiger partial charge >= 0.3 is 0 Å². The number of anilines is 3. The number of nitrogens with zero attached hydrogens (tertiary/aromatic N) is 1. The molecule has 2 N–H and O–H groups in total. The fourth-order valence-electron chi connectivity index (χ4n) is 2.78. The molecule has 1 heterocycles. The molecule has 0 radical (unpaired) electrons. The number of Topliss-reactive ketones (excluding diaryl/α,β-unsaturated/α-hetero) is 1. The number of rotatable bonds is 6. The third-order valence-electron chi connectivity index (χ3n) is 4.20. The van der Waals surface area contributed by atoms with Crippen molar-refractivity contribution >= 4 is 33.0 Å². The number of benzene rings is 2. The first-order chi connectivity index (χ1) is 13.2. The van der Waals surface area contributed by atoms with Crippen LogP contribution >= 0.6 is 0 Å². The third-order valence-corrected chi connectivity index (χ3v) is 5.74. The first kappa shape index (κ1) is 19.6. The summed E-state index contributed by atoms with van der Waals surface area (Å²) in [7, 11) is -3.69. The number of ketones is 1. The number of nitrogens with one attached hydrogen (secondary N) is 2. The number of sulfonamides is 1. The summed E-state index contributed by atoms with van der Waals surface area (Å²) in [5.41, 5.74) is 3.48. The minimum atomic E-state index is -3.69. The maximum Gasteiger partial charge on any atom is 0.262 e. The van der Waals surface area contributed by atoms with Crippen molar-refractivity contribution in [3.8, 4) is 0 Å². The molecule has 0 amide bonds. The minimum absolute atomic E-state index is 0.00475. The van der Waals surface area contributed by atoms with Crippen LogP contribution in [-0.4, -0.2) is 19.2 Å². The molecular weight excluding hydrogens is 374 g/mol. The molecule has 144 valence electrons. The van der Waals surface area contributed by atoms with Crippen molar-refractivity contribution in [1.29, 1.82) is 0 Å². The lowest BCUT2D eigenvalue weighted by molar-refractivity contribution is 0.101. The fraction of sp³-hybridized carbons (Fsp3) is 0.143. The first-order valence-corrected chi connectivity index (χ1v) is 10.2. The van der Waals surface area contributed by atoms with E-state index in [0.717, 1.165) is 11.3 Å². The maximum atomic E-state index is 12.6. The molecule has 0 spiro atoms. The molecule has 6 nitrogen and oxygen atoms in total. The highest BCUT2D eigenvalue weighted by Crippen LogP contribution is 2.22. The van der Waals surface area contributed by atoms with E-state index in [9.17, 15) is 13.2 Å². The predicted octanol–water partition coefficient (Wildman–Crippen LogP) is 4.45. The van der Waals surface area contributed by atoms with Crippen molar-refractivity contribution in [1.82, 2.24) is 4.98 Å². The van der Waals surface area contributed by atoms with E-state index in [4.69, 9.17) is 0 Å². The highest BCUT2D eigenvalue weighted by atomic mass is 32.2. The Bertz CT molecular complexity index is 1110. The van der Waals surface area contributed by atoms with Gasteiger partial charge in [0.25, 0.3) is 10.0 Å². The molecule has 0 fully saturated rings. The Kier molecular flexibility index (Phi) is 5.46. The van der Waals surface area contributed by atoms with Gasteiger partial charge in [0.2, 0.25) is 0 Å². The van der Waals surface area contributed by atoms with Gasteiger partial charge in [-0.25, -0.2) is 13.4 Å². The smallest absolute Gasteiger partial charge is 0.262 e. The number of carbonyl (C=O) groups is 1. The van der Waals surface area contributed by atoms with Gasteiger partial charge in [0.05, 0.1) is 16.8 Å². The summed E-state index contributed by atoms with van der Waals surface area (Å²) in [5, 5.41) is 3.11. The Morgan fingerprint density at radius 2 is 1.61 bits per heavy atom. The SMILES string of the molecule is CC(=O)c1ccc(Nc2ccc(NS(=O)(=O)c3ccc(C)cc3C)cn2)cc1. The topological polar surface area (TPSA) is 88.2 Å². The van der Waals surface area contributed by atoms with Crippen LogP contribution in [0.1, 0.15) is 28.4 Å². The van der Waals surface area contributed by atoms with Gasteiger partial charge in [-0.2, -0.15) is 0 Å². The molecular formula is C21H21N3O3S. The second-order valence-electron chi connectivity index (χ2n) is 6.57. The van der Waals surface area contributed by atoms with E-state index in [2.05, 4.69) is 15.0 Å². The maximum absolute atomic E-state index is 12.6. The zero-order chi connectivity index (χ0) is 20.3. The molecule has 0 aliphatic heterocycles. The molecule has 0 saturated carbocycles. The summed E-state index contributed by atoms with van der Waals surface area (Å²) in [5.74, 6) is 0.565. The molecule has 0 bridgehead atoms. The van der Waals surface area contributed by atoms with Gasteiger partial charge in [0, 0.05) is 11.3 Å². The first-order valence-electron chi connectivity index (χ1n) is 8.69. The van der Waals surface area contributed by atoms with Crippen molar-refractivity contribution < 1.29 is 13.2 Å². The molecule has 0 saturated heterocycles. The summed E-state index contributed by atoms with van der Waals surface area (Å²) in [4.78, 5) is 15.8. The van der Waals surface area contributed by atoms with Crippen molar-refractivity contribution in [3.05, 3.63) is 77.5 Å². The molecule has 0 unspecified atom stereocenters. The Balaban J connectivity index is 1.72. The second kappa shape index (κ2) is 7.82. The van der Waals surface area contributed by atoms with Gasteiger partial charge in [-0.1, -0.05) is 17.7 Å². The van der Waals surface area contributed by atoms with Gasteiger partial charge in [-0.05, 0) is 68.8 Å². The standard InChI is InChI=1S/C21H21N3O3S/c1-14-4-10-20(15(2)12-14)28(26,27)24-19-9-11-21(22-13-19)23-18-7-5-17(6-8-18)16(3)25/h4-13,24H,1-3H3,(H,22,23). The normalized spacial score (nSPS) is 11.1. The zero-order valence-electron chi connectivity index (χ0n) is 15.9. The molecule has 1 aromatic heterocycles. The lowest BCUT2D eigenvalue weighted by Crippen LogP contribution is -2.14. The second-order valence-corrected chi connectivity index (χ2v) is 8.22. The van der Waals surface area contributed by atoms with E-state index in [-0.39, 0.29) is 10.7 Å². The predicted molar refractivity (Wildman–Crippen MR) is 111 cm³/mol. The zero-order valence-corrected chi connectivity index (χ0v) is 16.7. The van der Waals surface area contributed by atoms with Crippen LogP contribution in [0.2, 0.25) is 0 Å². The quantitative estimate of drug-likeness (QED) is 0.602. The minimum Gasteiger partial charge on any atom is -0.340 e. The van der Waals surface area contributed by atoms with Crippen molar-refractivity contribution in [3.63, 3.8) is 0 Å². The van der Waals surface area contributed by atoms with Crippen LogP contribution in [0, 0.1) is 13.8 Å². The van der Waals surface area contributed by atoms with E-state index < -0.39 is 10.0 Å². The van der Waals surface area contributed by atoms with Crippen LogP contribution in [0.15, 0.2) is 65.7 Å². The highest BCUT2D eigenvalue weighted by Gasteiger charge is 2.17. The number of carbonyl (C=O) groups excluding carboxylic acids is 1. The average molecular weight is 395 g/mol. The van der Waals surface area contributed by atoms with Gasteiger partial charge in [-0.15, -0.1) is 0 Å². The molecule has 3 aromatic rings. The van der Waals surface area contributed by atoms with E-state index in [0.29, 0.717) is 22.6 Å². The van der Waals surface area contributed by atoms with Crippen LogP contribution in [0.25, 0.3) is 0 Å². The van der Waals surface area contributed by atoms with Crippen molar-refractivity contribution in [2.75, 3.05) is 10.0 Å². The van der Waals surface area contributed by atoms with E-state index in [1.807, 2.05) is 13.0 Å². The number of aryl methyl sites for hydroxylation is 2. The Hall–Kier alpha value is -3.19. The molecule has 3 rings (SSSR count). The Labute approximate surface area is 164 Å². The van der Waals surface area contributed by atoms with Crippen LogP contribution in [0.4, 0.5) is 17.2 Å². The summed E-state index contributed by atoms with van der Waals surface area (Å²) in [6.45, 7) is 5.20. The van der Waals surface area contributed by atoms with Crippen LogP contribution in [0.5, 0.6) is 0 Å². The molecule has 7 heteroatoms. The largest absolute Gasteiger partial charge is 0.340 e. The van der Waals surface area contributed by atoms with Gasteiger partial charge in [-0.3, -0.25) is 9.52 Å². The molecule has 0 aliphatic carbocycles.